The summed E-state index contributed by atoms with van der Waals surface area (Å²) in [5.41, 5.74) is 0.960. The van der Waals surface area contributed by atoms with Crippen LogP contribution in [0.1, 0.15) is 40.7 Å². The van der Waals surface area contributed by atoms with Crippen molar-refractivity contribution >= 4 is 24.1 Å². The largest absolute Gasteiger partial charge is 0.493 e. The molecule has 2 N–H and O–H groups in total. The van der Waals surface area contributed by atoms with Crippen LogP contribution in [0.2, 0.25) is 0 Å². The third-order valence-electron chi connectivity index (χ3n) is 6.66. The molecule has 1 atom stereocenters. The molecule has 0 saturated carbocycles. The molecule has 0 unspecified atom stereocenters. The van der Waals surface area contributed by atoms with Crippen LogP contribution in [0.3, 0.4) is 0 Å². The minimum atomic E-state index is -1.08. The number of rotatable bonds is 10. The van der Waals surface area contributed by atoms with E-state index in [1.807, 2.05) is 60.7 Å². The van der Waals surface area contributed by atoms with Gasteiger partial charge in [-0.2, -0.15) is 0 Å². The average molecular weight is 525 g/mol. The van der Waals surface area contributed by atoms with Crippen LogP contribution in [-0.2, 0) is 10.3 Å². The van der Waals surface area contributed by atoms with E-state index in [-0.39, 0.29) is 36.6 Å². The number of benzene rings is 3. The summed E-state index contributed by atoms with van der Waals surface area (Å²) in [6.07, 6.45) is 1.69. The second-order valence-corrected chi connectivity index (χ2v) is 8.79. The van der Waals surface area contributed by atoms with Gasteiger partial charge in [-0.25, -0.2) is 0 Å². The average Bonchev–Trinajstić information content (AvgIpc) is 3.48. The van der Waals surface area contributed by atoms with Gasteiger partial charge in [0.25, 0.3) is 0 Å². The van der Waals surface area contributed by atoms with E-state index in [0.29, 0.717) is 22.8 Å². The van der Waals surface area contributed by atoms with Gasteiger partial charge in [0, 0.05) is 12.0 Å². The van der Waals surface area contributed by atoms with E-state index in [2.05, 4.69) is 10.6 Å². The first kappa shape index (κ1) is 28.0. The first-order valence-corrected chi connectivity index (χ1v) is 12.0. The van der Waals surface area contributed by atoms with E-state index >= 15 is 0 Å². The van der Waals surface area contributed by atoms with Gasteiger partial charge in [0.05, 0.1) is 32.9 Å². The normalized spacial score (nSPS) is 14.8. The zero-order chi connectivity index (χ0) is 25.5. The van der Waals surface area contributed by atoms with Crippen molar-refractivity contribution in [1.82, 2.24) is 10.6 Å². The Morgan fingerprint density at radius 3 is 1.86 bits per heavy atom. The Labute approximate surface area is 223 Å². The lowest BCUT2D eigenvalue weighted by atomic mass is 9.77. The monoisotopic (exact) mass is 524 g/mol. The van der Waals surface area contributed by atoms with E-state index < -0.39 is 5.54 Å². The third-order valence-corrected chi connectivity index (χ3v) is 6.66. The number of ether oxygens (including phenoxy) is 3. The lowest BCUT2D eigenvalue weighted by molar-refractivity contribution is -0.124. The van der Waals surface area contributed by atoms with Crippen molar-refractivity contribution in [2.24, 2.45) is 0 Å². The van der Waals surface area contributed by atoms with Crippen LogP contribution in [0.5, 0.6) is 17.2 Å². The van der Waals surface area contributed by atoms with Crippen LogP contribution in [0.4, 0.5) is 0 Å². The van der Waals surface area contributed by atoms with E-state index in [9.17, 15) is 9.59 Å². The first-order valence-electron chi connectivity index (χ1n) is 12.0. The van der Waals surface area contributed by atoms with E-state index in [1.165, 1.54) is 21.3 Å². The number of ketones is 1. The summed E-state index contributed by atoms with van der Waals surface area (Å²) in [4.78, 5) is 27.4. The van der Waals surface area contributed by atoms with Crippen LogP contribution >= 0.6 is 12.4 Å². The number of amides is 1. The minimum Gasteiger partial charge on any atom is -0.493 e. The maximum absolute atomic E-state index is 13.9. The highest BCUT2D eigenvalue weighted by Gasteiger charge is 2.40. The zero-order valence-corrected chi connectivity index (χ0v) is 22.1. The highest BCUT2D eigenvalue weighted by molar-refractivity contribution is 5.99. The maximum atomic E-state index is 13.9. The number of hydrogen-bond donors (Lipinski definition) is 2. The molecule has 0 radical (unpaired) electrons. The second-order valence-electron chi connectivity index (χ2n) is 8.79. The molecular formula is C29H33ClN2O5. The highest BCUT2D eigenvalue weighted by atomic mass is 35.5. The predicted molar refractivity (Wildman–Crippen MR) is 145 cm³/mol. The fourth-order valence-corrected chi connectivity index (χ4v) is 4.80. The lowest BCUT2D eigenvalue weighted by Crippen LogP contribution is -2.53. The van der Waals surface area contributed by atoms with E-state index in [0.717, 1.165) is 30.5 Å². The number of carbonyl (C=O) groups is 2. The molecule has 196 valence electrons. The summed E-state index contributed by atoms with van der Waals surface area (Å²) in [5.74, 6) is 0.892. The molecule has 0 aliphatic carbocycles. The molecule has 4 rings (SSSR count). The number of carbonyl (C=O) groups excluding carboxylic acids is 2. The van der Waals surface area contributed by atoms with Gasteiger partial charge in [-0.05, 0) is 42.6 Å². The quantitative estimate of drug-likeness (QED) is 0.379. The molecule has 8 heteroatoms. The van der Waals surface area contributed by atoms with Crippen molar-refractivity contribution < 1.29 is 23.8 Å². The molecule has 1 saturated heterocycles. The minimum absolute atomic E-state index is 0. The number of nitrogens with one attached hydrogen (secondary N) is 2. The van der Waals surface area contributed by atoms with Gasteiger partial charge >= 0.3 is 0 Å². The van der Waals surface area contributed by atoms with Crippen molar-refractivity contribution in [3.05, 3.63) is 89.5 Å². The summed E-state index contributed by atoms with van der Waals surface area (Å²) in [7, 11) is 4.54. The molecule has 3 aromatic carbocycles. The SMILES string of the molecule is COc1cc(C(=O)CC(NC(=O)[C@@H]2CCCN2)(c2ccccc2)c2ccccc2)cc(OC)c1OC.Cl. The Morgan fingerprint density at radius 1 is 0.892 bits per heavy atom. The Balaban J connectivity index is 0.00000380. The second kappa shape index (κ2) is 12.6. The molecule has 1 heterocycles. The molecule has 7 nitrogen and oxygen atoms in total. The summed E-state index contributed by atoms with van der Waals surface area (Å²) < 4.78 is 16.3. The van der Waals surface area contributed by atoms with E-state index in [1.54, 1.807) is 12.1 Å². The van der Waals surface area contributed by atoms with Gasteiger partial charge in [0.2, 0.25) is 11.7 Å². The maximum Gasteiger partial charge on any atom is 0.238 e. The first-order chi connectivity index (χ1) is 17.5. The molecule has 37 heavy (non-hydrogen) atoms. The molecular weight excluding hydrogens is 492 g/mol. The molecule has 3 aromatic rings. The molecule has 1 aliphatic rings. The molecule has 0 bridgehead atoms. The molecule has 0 aromatic heterocycles. The molecule has 1 fully saturated rings. The number of halogens is 1. The topological polar surface area (TPSA) is 85.9 Å². The molecule has 1 amide bonds. The van der Waals surface area contributed by atoms with Gasteiger partial charge in [0.15, 0.2) is 17.3 Å². The van der Waals surface area contributed by atoms with Crippen LogP contribution in [0.25, 0.3) is 0 Å². The summed E-state index contributed by atoms with van der Waals surface area (Å²) >= 11 is 0. The van der Waals surface area contributed by atoms with Gasteiger partial charge in [0.1, 0.15) is 0 Å². The smallest absolute Gasteiger partial charge is 0.238 e. The standard InChI is InChI=1S/C29H32N2O5.ClH/c1-34-25-17-20(18-26(35-2)27(25)36-3)24(32)19-29(21-11-6-4-7-12-21,22-13-8-5-9-14-22)31-28(33)23-15-10-16-30-23;/h4-9,11-14,17-18,23,30H,10,15-16,19H2,1-3H3,(H,31,33);1H/t23-;/m0./s1. The summed E-state index contributed by atoms with van der Waals surface area (Å²) in [6.45, 7) is 0.798. The summed E-state index contributed by atoms with van der Waals surface area (Å²) in [5, 5.41) is 6.54. The van der Waals surface area contributed by atoms with Crippen molar-refractivity contribution in [3.63, 3.8) is 0 Å². The zero-order valence-electron chi connectivity index (χ0n) is 21.3. The van der Waals surface area contributed by atoms with Crippen LogP contribution in [0, 0.1) is 0 Å². The number of Topliss-reactive ketones (excluding diaryl/α,β-unsaturated/α-hetero) is 1. The van der Waals surface area contributed by atoms with Gasteiger partial charge in [-0.1, -0.05) is 60.7 Å². The Bertz CT molecular complexity index is 1130. The Morgan fingerprint density at radius 2 is 1.43 bits per heavy atom. The van der Waals surface area contributed by atoms with Gasteiger partial charge < -0.3 is 24.8 Å². The van der Waals surface area contributed by atoms with Crippen molar-refractivity contribution in [1.29, 1.82) is 0 Å². The van der Waals surface area contributed by atoms with E-state index in [4.69, 9.17) is 14.2 Å². The van der Waals surface area contributed by atoms with Gasteiger partial charge in [-0.15, -0.1) is 12.4 Å². The summed E-state index contributed by atoms with van der Waals surface area (Å²) in [6, 6.07) is 22.2. The highest BCUT2D eigenvalue weighted by Crippen LogP contribution is 2.40. The van der Waals surface area contributed by atoms with Crippen LogP contribution in [0.15, 0.2) is 72.8 Å². The van der Waals surface area contributed by atoms with Gasteiger partial charge in [-0.3, -0.25) is 9.59 Å². The van der Waals surface area contributed by atoms with Crippen LogP contribution < -0.4 is 24.8 Å². The van der Waals surface area contributed by atoms with Crippen LogP contribution in [-0.4, -0.2) is 45.6 Å². The third kappa shape index (κ3) is 5.89. The molecule has 0 spiro atoms. The molecule has 1 aliphatic heterocycles. The van der Waals surface area contributed by atoms with Crippen molar-refractivity contribution in [3.8, 4) is 17.2 Å². The lowest BCUT2D eigenvalue weighted by Gasteiger charge is -2.36. The van der Waals surface area contributed by atoms with Crippen molar-refractivity contribution in [2.45, 2.75) is 30.8 Å². The number of hydrogen-bond acceptors (Lipinski definition) is 6. The fraction of sp³-hybridized carbons (Fsp3) is 0.310. The fourth-order valence-electron chi connectivity index (χ4n) is 4.80. The van der Waals surface area contributed by atoms with Crippen molar-refractivity contribution in [2.75, 3.05) is 27.9 Å². The Kier molecular flexibility index (Phi) is 9.55. The Hall–Kier alpha value is -3.55. The predicted octanol–water partition coefficient (Wildman–Crippen LogP) is 4.52. The number of methoxy groups -OCH3 is 3.